The number of hydrogen-bond donors (Lipinski definition) is 0. The van der Waals surface area contributed by atoms with Crippen molar-refractivity contribution in [2.24, 2.45) is 0 Å². The summed E-state index contributed by atoms with van der Waals surface area (Å²) in [5.41, 5.74) is 4.96. The highest BCUT2D eigenvalue weighted by Gasteiger charge is 2.23. The standard InChI is InChI=1S/C49H30N4O/c1-2-14-32(15-3-1)47-50-48(35-27-28-40-39-19-8-11-24-44(39)54-45(40)30-35)52-49(51-47)46-36(34-26-25-31-13-4-5-16-33(31)29-34)20-12-23-43(46)53-41-21-9-6-17-37(41)38-18-7-10-22-42(38)53/h1-30H/i6D,7D,9D,10D,17D,18D,21D,22D. The van der Waals surface area contributed by atoms with Gasteiger partial charge >= 0.3 is 0 Å². The molecule has 0 aliphatic rings. The fourth-order valence-corrected chi connectivity index (χ4v) is 7.42. The molecule has 3 heterocycles. The van der Waals surface area contributed by atoms with E-state index in [9.17, 15) is 2.74 Å². The van der Waals surface area contributed by atoms with Crippen LogP contribution in [0.25, 0.3) is 105 Å². The number of rotatable bonds is 5. The van der Waals surface area contributed by atoms with E-state index in [1.165, 1.54) is 4.57 Å². The lowest BCUT2D eigenvalue weighted by Crippen LogP contribution is -2.05. The van der Waals surface area contributed by atoms with E-state index in [1.54, 1.807) is 6.07 Å². The second-order valence-electron chi connectivity index (χ2n) is 13.0. The van der Waals surface area contributed by atoms with Gasteiger partial charge < -0.3 is 8.98 Å². The lowest BCUT2D eigenvalue weighted by Gasteiger charge is -2.18. The van der Waals surface area contributed by atoms with Gasteiger partial charge in [0.15, 0.2) is 17.5 Å². The summed E-state index contributed by atoms with van der Waals surface area (Å²) in [4.78, 5) is 15.4. The highest BCUT2D eigenvalue weighted by atomic mass is 16.3. The first-order chi connectivity index (χ1) is 30.1. The molecule has 0 amide bonds. The van der Waals surface area contributed by atoms with Crippen molar-refractivity contribution in [1.29, 1.82) is 0 Å². The average molecular weight is 699 g/mol. The Bertz CT molecular complexity index is 3620. The molecule has 0 bridgehead atoms. The molecule has 0 N–H and O–H groups in total. The fourth-order valence-electron chi connectivity index (χ4n) is 7.42. The highest BCUT2D eigenvalue weighted by molar-refractivity contribution is 6.10. The van der Waals surface area contributed by atoms with Crippen LogP contribution in [0.3, 0.4) is 0 Å². The molecule has 0 aliphatic heterocycles. The lowest BCUT2D eigenvalue weighted by atomic mass is 9.95. The molecule has 11 aromatic rings. The molecule has 0 saturated carbocycles. The van der Waals surface area contributed by atoms with Gasteiger partial charge in [-0.05, 0) is 64.3 Å². The van der Waals surface area contributed by atoms with Gasteiger partial charge in [0.25, 0.3) is 0 Å². The monoisotopic (exact) mass is 698 g/mol. The van der Waals surface area contributed by atoms with Crippen molar-refractivity contribution in [2.45, 2.75) is 0 Å². The Balaban J connectivity index is 1.30. The van der Waals surface area contributed by atoms with Gasteiger partial charge in [0, 0.05) is 32.7 Å². The molecule has 0 radical (unpaired) electrons. The summed E-state index contributed by atoms with van der Waals surface area (Å²) < 4.78 is 79.4. The third-order valence-electron chi connectivity index (χ3n) is 9.90. The van der Waals surface area contributed by atoms with Gasteiger partial charge in [0.1, 0.15) is 11.2 Å². The zero-order valence-corrected chi connectivity index (χ0v) is 28.4. The molecule has 5 heteroatoms. The first-order valence-electron chi connectivity index (χ1n) is 21.5. The third-order valence-corrected chi connectivity index (χ3v) is 9.90. The van der Waals surface area contributed by atoms with Crippen LogP contribution in [0.15, 0.2) is 186 Å². The van der Waals surface area contributed by atoms with E-state index >= 15 is 0 Å². The SMILES string of the molecule is [2H]c1c([2H])c([2H])c2c(c1[2H])c1c([2H])c([2H])c([2H])c([2H])c1n2-c1cccc(-c2ccc3ccccc3c2)c1-c1nc(-c2ccccc2)nc(-c2ccc3c(c2)oc2ccccc23)n1. The van der Waals surface area contributed by atoms with Crippen molar-refractivity contribution in [2.75, 3.05) is 0 Å². The van der Waals surface area contributed by atoms with Crippen LogP contribution in [0, 0.1) is 0 Å². The molecule has 54 heavy (non-hydrogen) atoms. The fraction of sp³-hybridized carbons (Fsp3) is 0. The molecule has 8 aromatic carbocycles. The summed E-state index contributed by atoms with van der Waals surface area (Å²) >= 11 is 0. The van der Waals surface area contributed by atoms with Crippen LogP contribution < -0.4 is 0 Å². The number of furan rings is 1. The van der Waals surface area contributed by atoms with Crippen LogP contribution >= 0.6 is 0 Å². The predicted molar refractivity (Wildman–Crippen MR) is 221 cm³/mol. The number of fused-ring (bicyclic) bond motifs is 7. The Morgan fingerprint density at radius 2 is 1.09 bits per heavy atom. The molecular formula is C49H30N4O. The van der Waals surface area contributed by atoms with Gasteiger partial charge in [-0.3, -0.25) is 0 Å². The Morgan fingerprint density at radius 1 is 0.444 bits per heavy atom. The zero-order chi connectivity index (χ0) is 42.6. The minimum Gasteiger partial charge on any atom is -0.456 e. The van der Waals surface area contributed by atoms with Crippen molar-refractivity contribution in [3.63, 3.8) is 0 Å². The highest BCUT2D eigenvalue weighted by Crippen LogP contribution is 2.42. The molecule has 0 atom stereocenters. The third kappa shape index (κ3) is 4.83. The van der Waals surface area contributed by atoms with E-state index in [-0.39, 0.29) is 27.6 Å². The van der Waals surface area contributed by atoms with Crippen LogP contribution in [0.4, 0.5) is 0 Å². The van der Waals surface area contributed by atoms with E-state index < -0.39 is 48.3 Å². The van der Waals surface area contributed by atoms with Gasteiger partial charge in [-0.25, -0.2) is 15.0 Å². The quantitative estimate of drug-likeness (QED) is 0.180. The van der Waals surface area contributed by atoms with Gasteiger partial charge in [-0.15, -0.1) is 0 Å². The van der Waals surface area contributed by atoms with Crippen molar-refractivity contribution in [1.82, 2.24) is 19.5 Å². The Kier molecular flexibility index (Phi) is 5.21. The molecule has 0 fully saturated rings. The first-order valence-corrected chi connectivity index (χ1v) is 17.5. The minimum atomic E-state index is -0.518. The number of aromatic nitrogens is 4. The van der Waals surface area contributed by atoms with E-state index in [2.05, 4.69) is 6.07 Å². The normalized spacial score (nSPS) is 13.8. The largest absolute Gasteiger partial charge is 0.456 e. The first kappa shape index (κ1) is 23.2. The second kappa shape index (κ2) is 12.1. The van der Waals surface area contributed by atoms with Gasteiger partial charge in [-0.1, -0.05) is 139 Å². The van der Waals surface area contributed by atoms with Crippen molar-refractivity contribution < 1.29 is 15.4 Å². The van der Waals surface area contributed by atoms with Gasteiger partial charge in [-0.2, -0.15) is 0 Å². The van der Waals surface area contributed by atoms with Gasteiger partial charge in [0.05, 0.1) is 33.3 Å². The Hall–Kier alpha value is -7.37. The maximum Gasteiger partial charge on any atom is 0.166 e. The predicted octanol–water partition coefficient (Wildman–Crippen LogP) is 12.7. The van der Waals surface area contributed by atoms with Crippen molar-refractivity contribution >= 4 is 54.5 Å². The van der Waals surface area contributed by atoms with E-state index in [1.807, 2.05) is 121 Å². The molecule has 5 nitrogen and oxygen atoms in total. The molecule has 252 valence electrons. The smallest absolute Gasteiger partial charge is 0.166 e. The molecule has 0 unspecified atom stereocenters. The Labute approximate surface area is 321 Å². The summed E-state index contributed by atoms with van der Waals surface area (Å²) in [5, 5.41) is 3.86. The molecule has 3 aromatic heterocycles. The molecule has 11 rings (SSSR count). The summed E-state index contributed by atoms with van der Waals surface area (Å²) in [5.74, 6) is 0.913. The maximum absolute atomic E-state index is 9.30. The van der Waals surface area contributed by atoms with E-state index in [0.29, 0.717) is 45.2 Å². The molecular weight excluding hydrogens is 661 g/mol. The molecule has 0 spiro atoms. The lowest BCUT2D eigenvalue weighted by molar-refractivity contribution is 0.669. The summed E-state index contributed by atoms with van der Waals surface area (Å²) in [6.07, 6.45) is 0. The molecule has 0 aliphatic carbocycles. The number of benzene rings is 8. The molecule has 0 saturated heterocycles. The van der Waals surface area contributed by atoms with Gasteiger partial charge in [0.2, 0.25) is 0 Å². The van der Waals surface area contributed by atoms with Crippen LogP contribution in [0.2, 0.25) is 0 Å². The summed E-state index contributed by atoms with van der Waals surface area (Å²) in [6.45, 7) is 0. The number of hydrogen-bond acceptors (Lipinski definition) is 4. The number of para-hydroxylation sites is 3. The zero-order valence-electron chi connectivity index (χ0n) is 36.4. The topological polar surface area (TPSA) is 56.7 Å². The van der Waals surface area contributed by atoms with Crippen LogP contribution in [-0.4, -0.2) is 19.5 Å². The minimum absolute atomic E-state index is 0.0113. The summed E-state index contributed by atoms with van der Waals surface area (Å²) in [7, 11) is 0. The van der Waals surface area contributed by atoms with Crippen LogP contribution in [0.1, 0.15) is 11.0 Å². The van der Waals surface area contributed by atoms with Crippen LogP contribution in [0.5, 0.6) is 0 Å². The van der Waals surface area contributed by atoms with Crippen molar-refractivity contribution in [3.05, 3.63) is 182 Å². The maximum atomic E-state index is 9.30. The number of nitrogens with zero attached hydrogens (tertiary/aromatic N) is 4. The van der Waals surface area contributed by atoms with Crippen molar-refractivity contribution in [3.8, 4) is 51.0 Å². The van der Waals surface area contributed by atoms with Crippen LogP contribution in [-0.2, 0) is 0 Å². The Morgan fingerprint density at radius 3 is 1.91 bits per heavy atom. The second-order valence-corrected chi connectivity index (χ2v) is 13.0. The van der Waals surface area contributed by atoms with E-state index in [0.717, 1.165) is 32.7 Å². The summed E-state index contributed by atoms with van der Waals surface area (Å²) in [6, 6.07) is 39.0. The average Bonchev–Trinajstić information content (AvgIpc) is 3.87. The van der Waals surface area contributed by atoms with E-state index in [4.69, 9.17) is 27.6 Å².